The van der Waals surface area contributed by atoms with E-state index < -0.39 is 0 Å². The number of hydrogen-bond donors (Lipinski definition) is 2. The first-order chi connectivity index (χ1) is 9.62. The smallest absolute Gasteiger partial charge is 0.224 e. The Morgan fingerprint density at radius 2 is 2.10 bits per heavy atom. The molecule has 0 aliphatic rings. The molecule has 2 aromatic rings. The van der Waals surface area contributed by atoms with Gasteiger partial charge in [0.15, 0.2) is 5.82 Å². The summed E-state index contributed by atoms with van der Waals surface area (Å²) in [4.78, 5) is 8.29. The minimum atomic E-state index is -0.318. The Bertz CT molecular complexity index is 607. The van der Waals surface area contributed by atoms with Crippen LogP contribution in [0, 0.1) is 12.7 Å². The Morgan fingerprint density at radius 3 is 2.75 bits per heavy atom. The van der Waals surface area contributed by atoms with E-state index in [1.165, 1.54) is 25.3 Å². The number of nitrogens with two attached hydrogens (primary N) is 1. The summed E-state index contributed by atoms with van der Waals surface area (Å²) in [5, 5.41) is 0. The number of nitrogen functional groups attached to an aromatic ring is 1. The summed E-state index contributed by atoms with van der Waals surface area (Å²) < 4.78 is 23.6. The monoisotopic (exact) mass is 278 g/mol. The number of nitrogens with zero attached hydrogens (tertiary/aromatic N) is 2. The number of aryl methyl sites for hydroxylation is 1. The summed E-state index contributed by atoms with van der Waals surface area (Å²) in [6.45, 7) is 1.98. The molecule has 2 rings (SSSR count). The molecule has 106 valence electrons. The standard InChI is InChI=1S/C13H15FN4O2/c1-8-5-9(14)3-4-10(8)20-13-6-11(18-15)16-12(17-13)7-19-2/h3-6H,7,15H2,1-2H3,(H,16,17,18). The second-order valence-electron chi connectivity index (χ2n) is 4.10. The SMILES string of the molecule is COCc1nc(NN)cc(Oc2ccc(F)cc2C)n1. The van der Waals surface area contributed by atoms with E-state index in [0.717, 1.165) is 0 Å². The number of anilines is 1. The molecular formula is C13H15FN4O2. The fraction of sp³-hybridized carbons (Fsp3) is 0.231. The highest BCUT2D eigenvalue weighted by atomic mass is 19.1. The van der Waals surface area contributed by atoms with Crippen molar-refractivity contribution < 1.29 is 13.9 Å². The second-order valence-corrected chi connectivity index (χ2v) is 4.10. The van der Waals surface area contributed by atoms with Gasteiger partial charge in [0, 0.05) is 13.2 Å². The normalized spacial score (nSPS) is 10.4. The third kappa shape index (κ3) is 3.40. The Labute approximate surface area is 115 Å². The average molecular weight is 278 g/mol. The van der Waals surface area contributed by atoms with Gasteiger partial charge >= 0.3 is 0 Å². The summed E-state index contributed by atoms with van der Waals surface area (Å²) in [5.74, 6) is 6.67. The summed E-state index contributed by atoms with van der Waals surface area (Å²) in [6, 6.07) is 5.79. The van der Waals surface area contributed by atoms with Crippen molar-refractivity contribution in [2.24, 2.45) is 5.84 Å². The molecule has 0 fully saturated rings. The molecule has 0 aliphatic heterocycles. The summed E-state index contributed by atoms with van der Waals surface area (Å²) in [7, 11) is 1.54. The number of aromatic nitrogens is 2. The highest BCUT2D eigenvalue weighted by Crippen LogP contribution is 2.25. The van der Waals surface area contributed by atoms with Crippen LogP contribution in [0.5, 0.6) is 11.6 Å². The van der Waals surface area contributed by atoms with Crippen LogP contribution in [0.2, 0.25) is 0 Å². The van der Waals surface area contributed by atoms with E-state index in [2.05, 4.69) is 15.4 Å². The van der Waals surface area contributed by atoms with E-state index in [1.54, 1.807) is 13.0 Å². The Morgan fingerprint density at radius 1 is 1.30 bits per heavy atom. The maximum absolute atomic E-state index is 13.0. The van der Waals surface area contributed by atoms with Crippen LogP contribution in [-0.4, -0.2) is 17.1 Å². The van der Waals surface area contributed by atoms with Crippen LogP contribution < -0.4 is 16.0 Å². The van der Waals surface area contributed by atoms with Crippen molar-refractivity contribution in [3.8, 4) is 11.6 Å². The van der Waals surface area contributed by atoms with Crippen LogP contribution in [0.25, 0.3) is 0 Å². The molecule has 0 atom stereocenters. The van der Waals surface area contributed by atoms with Crippen molar-refractivity contribution in [2.45, 2.75) is 13.5 Å². The van der Waals surface area contributed by atoms with E-state index in [4.69, 9.17) is 15.3 Å². The highest BCUT2D eigenvalue weighted by molar-refractivity contribution is 5.40. The van der Waals surface area contributed by atoms with Crippen molar-refractivity contribution in [3.63, 3.8) is 0 Å². The zero-order valence-corrected chi connectivity index (χ0v) is 11.2. The third-order valence-electron chi connectivity index (χ3n) is 2.52. The summed E-state index contributed by atoms with van der Waals surface area (Å²) >= 11 is 0. The van der Waals surface area contributed by atoms with Gasteiger partial charge in [-0.3, -0.25) is 0 Å². The number of halogens is 1. The van der Waals surface area contributed by atoms with Crippen LogP contribution in [-0.2, 0) is 11.3 Å². The van der Waals surface area contributed by atoms with Crippen LogP contribution >= 0.6 is 0 Å². The Kier molecular flexibility index (Phi) is 4.44. The lowest BCUT2D eigenvalue weighted by molar-refractivity contribution is 0.177. The molecule has 0 amide bonds. The largest absolute Gasteiger partial charge is 0.439 e. The Hall–Kier alpha value is -2.25. The summed E-state index contributed by atoms with van der Waals surface area (Å²) in [5.41, 5.74) is 3.09. The first-order valence-electron chi connectivity index (χ1n) is 5.90. The maximum atomic E-state index is 13.0. The highest BCUT2D eigenvalue weighted by Gasteiger charge is 2.08. The molecule has 3 N–H and O–H groups in total. The topological polar surface area (TPSA) is 82.3 Å². The number of methoxy groups -OCH3 is 1. The number of ether oxygens (including phenoxy) is 2. The Balaban J connectivity index is 2.29. The fourth-order valence-electron chi connectivity index (χ4n) is 1.63. The average Bonchev–Trinajstić information content (AvgIpc) is 2.42. The van der Waals surface area contributed by atoms with Gasteiger partial charge < -0.3 is 14.9 Å². The van der Waals surface area contributed by atoms with Gasteiger partial charge in [-0.2, -0.15) is 4.98 Å². The predicted octanol–water partition coefficient (Wildman–Crippen LogP) is 2.15. The second kappa shape index (κ2) is 6.27. The van der Waals surface area contributed by atoms with E-state index >= 15 is 0 Å². The zero-order valence-electron chi connectivity index (χ0n) is 11.2. The van der Waals surface area contributed by atoms with Gasteiger partial charge in [-0.1, -0.05) is 0 Å². The van der Waals surface area contributed by atoms with Gasteiger partial charge in [0.2, 0.25) is 5.88 Å². The quantitative estimate of drug-likeness (QED) is 0.644. The van der Waals surface area contributed by atoms with Crippen molar-refractivity contribution >= 4 is 5.82 Å². The van der Waals surface area contributed by atoms with Crippen LogP contribution in [0.15, 0.2) is 24.3 Å². The van der Waals surface area contributed by atoms with Gasteiger partial charge in [0.05, 0.1) is 0 Å². The first-order valence-corrected chi connectivity index (χ1v) is 5.90. The molecule has 0 bridgehead atoms. The molecule has 0 saturated carbocycles. The van der Waals surface area contributed by atoms with Crippen LogP contribution in [0.1, 0.15) is 11.4 Å². The number of nitrogens with one attached hydrogen (secondary N) is 1. The van der Waals surface area contributed by atoms with Crippen molar-refractivity contribution in [2.75, 3.05) is 12.5 Å². The van der Waals surface area contributed by atoms with Gasteiger partial charge in [0.25, 0.3) is 0 Å². The van der Waals surface area contributed by atoms with Gasteiger partial charge in [0.1, 0.15) is 24.0 Å². The molecule has 0 spiro atoms. The van der Waals surface area contributed by atoms with E-state index in [1.807, 2.05) is 0 Å². The number of rotatable bonds is 5. The van der Waals surface area contributed by atoms with Crippen molar-refractivity contribution in [1.82, 2.24) is 9.97 Å². The predicted molar refractivity (Wildman–Crippen MR) is 71.8 cm³/mol. The third-order valence-corrected chi connectivity index (χ3v) is 2.52. The minimum Gasteiger partial charge on any atom is -0.439 e. The number of hydrazine groups is 1. The number of benzene rings is 1. The molecule has 1 heterocycles. The summed E-state index contributed by atoms with van der Waals surface area (Å²) in [6.07, 6.45) is 0. The minimum absolute atomic E-state index is 0.230. The zero-order chi connectivity index (χ0) is 14.5. The molecule has 0 radical (unpaired) electrons. The van der Waals surface area contributed by atoms with Gasteiger partial charge in [-0.05, 0) is 30.7 Å². The maximum Gasteiger partial charge on any atom is 0.224 e. The van der Waals surface area contributed by atoms with Gasteiger partial charge in [-0.15, -0.1) is 0 Å². The molecule has 7 heteroatoms. The van der Waals surface area contributed by atoms with Gasteiger partial charge in [-0.25, -0.2) is 15.2 Å². The molecule has 0 saturated heterocycles. The first kappa shape index (κ1) is 14.2. The van der Waals surface area contributed by atoms with E-state index in [-0.39, 0.29) is 12.4 Å². The number of hydrogen-bond acceptors (Lipinski definition) is 6. The van der Waals surface area contributed by atoms with Crippen molar-refractivity contribution in [1.29, 1.82) is 0 Å². The lowest BCUT2D eigenvalue weighted by Crippen LogP contribution is -2.11. The van der Waals surface area contributed by atoms with Crippen LogP contribution in [0.4, 0.5) is 10.2 Å². The molecular weight excluding hydrogens is 263 g/mol. The van der Waals surface area contributed by atoms with Crippen LogP contribution in [0.3, 0.4) is 0 Å². The fourth-order valence-corrected chi connectivity index (χ4v) is 1.63. The molecule has 1 aromatic heterocycles. The van der Waals surface area contributed by atoms with E-state index in [9.17, 15) is 4.39 Å². The molecule has 6 nitrogen and oxygen atoms in total. The molecule has 20 heavy (non-hydrogen) atoms. The lowest BCUT2D eigenvalue weighted by atomic mass is 10.2. The molecule has 1 aromatic carbocycles. The van der Waals surface area contributed by atoms with E-state index in [0.29, 0.717) is 28.8 Å². The van der Waals surface area contributed by atoms with Crippen molar-refractivity contribution in [3.05, 3.63) is 41.5 Å². The molecule has 0 unspecified atom stereocenters. The molecule has 0 aliphatic carbocycles. The lowest BCUT2D eigenvalue weighted by Gasteiger charge is -2.10.